The number of allylic oxidation sites excluding steroid dienone is 8. The van der Waals surface area contributed by atoms with Crippen molar-refractivity contribution in [3.05, 3.63) is 165 Å². The van der Waals surface area contributed by atoms with Crippen LogP contribution in [-0.4, -0.2) is 72.1 Å². The summed E-state index contributed by atoms with van der Waals surface area (Å²) < 4.78 is 0. The summed E-state index contributed by atoms with van der Waals surface area (Å²) in [7, 11) is 0. The summed E-state index contributed by atoms with van der Waals surface area (Å²) in [5.41, 5.74) is 8.47. The molecule has 8 nitrogen and oxygen atoms in total. The Labute approximate surface area is 298 Å². The number of pyridine rings is 2. The molecule has 2 aromatic rings. The van der Waals surface area contributed by atoms with E-state index in [2.05, 4.69) is 107 Å². The molecule has 0 amide bonds. The first-order valence-corrected chi connectivity index (χ1v) is 15.2. The molecule has 226 valence electrons. The van der Waals surface area contributed by atoms with Gasteiger partial charge in [-0.1, -0.05) is 48.6 Å². The molecule has 0 bridgehead atoms. The second-order valence-electron chi connectivity index (χ2n) is 11.1. The first kappa shape index (κ1) is 35.4. The first-order valence-electron chi connectivity index (χ1n) is 15.2. The van der Waals surface area contributed by atoms with Crippen LogP contribution in [0.25, 0.3) is 32.7 Å². The second kappa shape index (κ2) is 18.7. The molecule has 0 unspecified atom stereocenters. The normalized spacial score (nSPS) is 16.5. The first-order chi connectivity index (χ1) is 21.8. The second-order valence-corrected chi connectivity index (χ2v) is 11.1. The van der Waals surface area contributed by atoms with Gasteiger partial charge in [-0.3, -0.25) is 19.8 Å². The van der Waals surface area contributed by atoms with Crippen LogP contribution in [0.1, 0.15) is 11.1 Å². The molecule has 0 saturated carbocycles. The minimum absolute atomic E-state index is 0. The van der Waals surface area contributed by atoms with Gasteiger partial charge in [-0.25, -0.2) is 0 Å². The van der Waals surface area contributed by atoms with Crippen molar-refractivity contribution in [2.45, 2.75) is 13.1 Å². The third-order valence-electron chi connectivity index (χ3n) is 7.56. The summed E-state index contributed by atoms with van der Waals surface area (Å²) in [6, 6.07) is 8.50. The van der Waals surface area contributed by atoms with E-state index < -0.39 is 0 Å². The number of rotatable bonds is 13. The van der Waals surface area contributed by atoms with Gasteiger partial charge in [-0.05, 0) is 35.4 Å². The predicted molar refractivity (Wildman–Crippen MR) is 180 cm³/mol. The summed E-state index contributed by atoms with van der Waals surface area (Å²) in [5.74, 6) is 0. The molecule has 6 heterocycles. The third-order valence-corrected chi connectivity index (χ3v) is 7.56. The van der Waals surface area contributed by atoms with Crippen LogP contribution in [0.2, 0.25) is 0 Å². The van der Waals surface area contributed by atoms with Crippen molar-refractivity contribution in [3.63, 3.8) is 0 Å². The Bertz CT molecular complexity index is 1370. The molecule has 0 aliphatic carbocycles. The molecule has 46 heavy (non-hydrogen) atoms. The maximum absolute atomic E-state index is 4.72. The average molecular weight is 714 g/mol. The Balaban J connectivity index is 0.00000240. The van der Waals surface area contributed by atoms with Crippen LogP contribution in [0, 0.1) is 0 Å². The van der Waals surface area contributed by atoms with E-state index in [4.69, 9.17) is 31.2 Å². The Morgan fingerprint density at radius 2 is 0.804 bits per heavy atom. The molecule has 0 aromatic carbocycles. The fourth-order valence-electron chi connectivity index (χ4n) is 5.46. The topological polar surface area (TPSA) is 88.7 Å². The fraction of sp³-hybridized carbons (Fsp3) is 0.278. The molecular formula is C36H38N8Zn2. The van der Waals surface area contributed by atoms with Gasteiger partial charge in [0.2, 0.25) is 0 Å². The predicted octanol–water partition coefficient (Wildman–Crippen LogP) is 7.05. The van der Waals surface area contributed by atoms with E-state index in [0.29, 0.717) is 0 Å². The molecule has 0 fully saturated rings. The standard InChI is InChI=1S/C36H38N8.2Zn/c1-5-15-37-31(9-1)25-43(26-32-10-2-6-16-38-32)23-29-13-19-41-35(21-29)36-22-30(14-20-42-36)24-44(27-33-11-3-7-17-39-33)28-34-12-4-8-18-40-34;;/h1-14,19-22H,15-18,23-28H2;;/q-4;2*+2. The molecule has 0 radical (unpaired) electrons. The van der Waals surface area contributed by atoms with Gasteiger partial charge in [0.15, 0.2) is 0 Å². The van der Waals surface area contributed by atoms with Gasteiger partial charge in [-0.15, -0.1) is 73.3 Å². The Morgan fingerprint density at radius 1 is 0.478 bits per heavy atom. The minimum atomic E-state index is 0. The van der Waals surface area contributed by atoms with Crippen molar-refractivity contribution < 1.29 is 39.0 Å². The van der Waals surface area contributed by atoms with Crippen molar-refractivity contribution in [1.29, 1.82) is 0 Å². The average Bonchev–Trinajstić information content (AvgIpc) is 3.07. The SMILES string of the molecule is C1=CC[N-]C(CN(CC2=CC=CC[N-]2)Cc2ccnc(-c3cc(CN(CC4=CC=CC[N-]4)CC4=CC=CC[N-]4)ccn3)c2)=C1.[Zn+2].[Zn+2]. The molecular weight excluding hydrogens is 675 g/mol. The zero-order chi connectivity index (χ0) is 29.8. The fourth-order valence-corrected chi connectivity index (χ4v) is 5.46. The molecule has 6 rings (SSSR count). The van der Waals surface area contributed by atoms with Crippen molar-refractivity contribution in [1.82, 2.24) is 19.8 Å². The molecule has 2 aromatic heterocycles. The van der Waals surface area contributed by atoms with Gasteiger partial charge in [0, 0.05) is 51.7 Å². The van der Waals surface area contributed by atoms with Crippen LogP contribution >= 0.6 is 0 Å². The van der Waals surface area contributed by atoms with E-state index in [0.717, 1.165) is 99.6 Å². The smallest absolute Gasteiger partial charge is 0.684 e. The molecule has 0 saturated heterocycles. The molecule has 4 aliphatic heterocycles. The van der Waals surface area contributed by atoms with E-state index in [9.17, 15) is 0 Å². The number of hydrogen-bond acceptors (Lipinski definition) is 4. The van der Waals surface area contributed by atoms with Crippen LogP contribution in [0.5, 0.6) is 0 Å². The summed E-state index contributed by atoms with van der Waals surface area (Å²) in [6.45, 7) is 7.52. The Morgan fingerprint density at radius 3 is 1.09 bits per heavy atom. The molecule has 0 N–H and O–H groups in total. The van der Waals surface area contributed by atoms with Gasteiger partial charge in [-0.2, -0.15) is 0 Å². The van der Waals surface area contributed by atoms with Gasteiger partial charge in [0.05, 0.1) is 11.4 Å². The minimum Gasteiger partial charge on any atom is -0.684 e. The van der Waals surface area contributed by atoms with Crippen LogP contribution < -0.4 is 0 Å². The van der Waals surface area contributed by atoms with Crippen molar-refractivity contribution in [2.24, 2.45) is 0 Å². The Kier molecular flexibility index (Phi) is 14.4. The van der Waals surface area contributed by atoms with Crippen LogP contribution in [0.3, 0.4) is 0 Å². The monoisotopic (exact) mass is 710 g/mol. The molecule has 10 heteroatoms. The van der Waals surface area contributed by atoms with Gasteiger partial charge < -0.3 is 21.3 Å². The van der Waals surface area contributed by atoms with Crippen LogP contribution in [0.15, 0.2) is 132 Å². The zero-order valence-electron chi connectivity index (χ0n) is 26.5. The number of aromatic nitrogens is 2. The largest absolute Gasteiger partial charge is 2.00 e. The van der Waals surface area contributed by atoms with E-state index in [1.165, 1.54) is 11.1 Å². The van der Waals surface area contributed by atoms with Gasteiger partial charge >= 0.3 is 39.0 Å². The third kappa shape index (κ3) is 10.8. The molecule has 0 atom stereocenters. The van der Waals surface area contributed by atoms with E-state index in [1.807, 2.05) is 12.4 Å². The number of nitrogens with zero attached hydrogens (tertiary/aromatic N) is 8. The van der Waals surface area contributed by atoms with Crippen LogP contribution in [-0.2, 0) is 52.0 Å². The van der Waals surface area contributed by atoms with E-state index >= 15 is 0 Å². The summed E-state index contributed by atoms with van der Waals surface area (Å²) in [6.07, 6.45) is 28.9. The van der Waals surface area contributed by atoms with Crippen LogP contribution in [0.4, 0.5) is 0 Å². The van der Waals surface area contributed by atoms with Gasteiger partial charge in [0.1, 0.15) is 0 Å². The molecule has 4 aliphatic rings. The van der Waals surface area contributed by atoms with E-state index in [1.54, 1.807) is 0 Å². The van der Waals surface area contributed by atoms with E-state index in [-0.39, 0.29) is 39.0 Å². The zero-order valence-corrected chi connectivity index (χ0v) is 32.4. The summed E-state index contributed by atoms with van der Waals surface area (Å²) >= 11 is 0. The van der Waals surface area contributed by atoms with Crippen molar-refractivity contribution in [2.75, 3.05) is 52.4 Å². The number of hydrogen-bond donors (Lipinski definition) is 0. The summed E-state index contributed by atoms with van der Waals surface area (Å²) in [4.78, 5) is 14.2. The van der Waals surface area contributed by atoms with Crippen molar-refractivity contribution in [3.8, 4) is 11.4 Å². The maximum atomic E-state index is 4.72. The molecule has 0 spiro atoms. The van der Waals surface area contributed by atoms with Gasteiger partial charge in [0.25, 0.3) is 0 Å². The maximum Gasteiger partial charge on any atom is 2.00 e. The van der Waals surface area contributed by atoms with Crippen molar-refractivity contribution >= 4 is 0 Å². The summed E-state index contributed by atoms with van der Waals surface area (Å²) in [5, 5.41) is 18.8. The quantitative estimate of drug-likeness (QED) is 0.208. The Hall–Kier alpha value is -3.41.